The molecule has 0 atom stereocenters. The highest BCUT2D eigenvalue weighted by atomic mass is 15.3. The summed E-state index contributed by atoms with van der Waals surface area (Å²) in [6.07, 6.45) is 5.66. The van der Waals surface area contributed by atoms with E-state index in [1.54, 1.807) is 6.33 Å². The largest absolute Gasteiger partial charge is 0.396 e. The highest BCUT2D eigenvalue weighted by Crippen LogP contribution is 2.43. The molecule has 2 aromatic rings. The molecule has 3 rings (SSSR count). The standard InChI is InChI=1S/C11H16N6/c1-7-10(12)5-17(15-7)9-3-8(4-9)11-13-6-14-16(11)2/h5-6,8-9H,3-4,12H2,1-2H3. The summed E-state index contributed by atoms with van der Waals surface area (Å²) < 4.78 is 3.83. The minimum Gasteiger partial charge on any atom is -0.396 e. The number of rotatable bonds is 2. The van der Waals surface area contributed by atoms with E-state index in [4.69, 9.17) is 5.73 Å². The van der Waals surface area contributed by atoms with E-state index in [0.717, 1.165) is 30.0 Å². The van der Waals surface area contributed by atoms with Gasteiger partial charge in [-0.25, -0.2) is 4.98 Å². The Morgan fingerprint density at radius 2 is 2.18 bits per heavy atom. The van der Waals surface area contributed by atoms with E-state index in [9.17, 15) is 0 Å². The van der Waals surface area contributed by atoms with Crippen molar-refractivity contribution in [2.24, 2.45) is 7.05 Å². The van der Waals surface area contributed by atoms with Crippen LogP contribution in [0.3, 0.4) is 0 Å². The Morgan fingerprint density at radius 1 is 1.41 bits per heavy atom. The minimum atomic E-state index is 0.452. The summed E-state index contributed by atoms with van der Waals surface area (Å²) in [7, 11) is 1.94. The Labute approximate surface area is 99.4 Å². The fraction of sp³-hybridized carbons (Fsp3) is 0.545. The molecule has 1 aliphatic rings. The van der Waals surface area contributed by atoms with Crippen molar-refractivity contribution in [1.29, 1.82) is 0 Å². The number of hydrogen-bond acceptors (Lipinski definition) is 4. The van der Waals surface area contributed by atoms with Crippen molar-refractivity contribution in [3.63, 3.8) is 0 Å². The quantitative estimate of drug-likeness (QED) is 0.838. The molecule has 6 nitrogen and oxygen atoms in total. The Kier molecular flexibility index (Phi) is 2.17. The summed E-state index contributed by atoms with van der Waals surface area (Å²) in [5.74, 6) is 1.57. The lowest BCUT2D eigenvalue weighted by atomic mass is 9.80. The van der Waals surface area contributed by atoms with Gasteiger partial charge in [0.15, 0.2) is 0 Å². The second-order valence-corrected chi connectivity index (χ2v) is 4.71. The smallest absolute Gasteiger partial charge is 0.138 e. The zero-order valence-corrected chi connectivity index (χ0v) is 10.0. The molecule has 0 saturated heterocycles. The summed E-state index contributed by atoms with van der Waals surface area (Å²) >= 11 is 0. The number of hydrogen-bond donors (Lipinski definition) is 1. The zero-order valence-electron chi connectivity index (χ0n) is 10.0. The van der Waals surface area contributed by atoms with Gasteiger partial charge in [-0.1, -0.05) is 0 Å². The fourth-order valence-electron chi connectivity index (χ4n) is 2.37. The molecule has 0 amide bonds. The second kappa shape index (κ2) is 3.58. The molecular weight excluding hydrogens is 216 g/mol. The van der Waals surface area contributed by atoms with Crippen LogP contribution in [0.2, 0.25) is 0 Å². The molecule has 1 aliphatic carbocycles. The first kappa shape index (κ1) is 10.3. The van der Waals surface area contributed by atoms with Crippen molar-refractivity contribution < 1.29 is 0 Å². The molecule has 0 spiro atoms. The first-order valence-corrected chi connectivity index (χ1v) is 5.80. The van der Waals surface area contributed by atoms with Crippen LogP contribution in [0.4, 0.5) is 5.69 Å². The van der Waals surface area contributed by atoms with Crippen LogP contribution < -0.4 is 5.73 Å². The van der Waals surface area contributed by atoms with E-state index in [-0.39, 0.29) is 0 Å². The molecule has 2 heterocycles. The highest BCUT2D eigenvalue weighted by molar-refractivity contribution is 5.39. The number of nitrogens with zero attached hydrogens (tertiary/aromatic N) is 5. The Morgan fingerprint density at radius 3 is 2.71 bits per heavy atom. The minimum absolute atomic E-state index is 0.452. The van der Waals surface area contributed by atoms with Crippen molar-refractivity contribution in [2.45, 2.75) is 31.7 Å². The van der Waals surface area contributed by atoms with Crippen molar-refractivity contribution >= 4 is 5.69 Å². The summed E-state index contributed by atoms with van der Waals surface area (Å²) in [6, 6.07) is 0.452. The zero-order chi connectivity index (χ0) is 12.0. The lowest BCUT2D eigenvalue weighted by molar-refractivity contribution is 0.233. The van der Waals surface area contributed by atoms with Gasteiger partial charge in [0, 0.05) is 19.2 Å². The first-order valence-electron chi connectivity index (χ1n) is 5.80. The van der Waals surface area contributed by atoms with Gasteiger partial charge in [-0.3, -0.25) is 9.36 Å². The number of aryl methyl sites for hydroxylation is 2. The van der Waals surface area contributed by atoms with Gasteiger partial charge in [0.05, 0.1) is 17.4 Å². The molecule has 17 heavy (non-hydrogen) atoms. The van der Waals surface area contributed by atoms with Gasteiger partial charge >= 0.3 is 0 Å². The van der Waals surface area contributed by atoms with E-state index in [2.05, 4.69) is 15.2 Å². The lowest BCUT2D eigenvalue weighted by Gasteiger charge is -2.34. The van der Waals surface area contributed by atoms with Crippen LogP contribution in [0.5, 0.6) is 0 Å². The molecule has 0 aliphatic heterocycles. The number of anilines is 1. The lowest BCUT2D eigenvalue weighted by Crippen LogP contribution is -2.27. The second-order valence-electron chi connectivity index (χ2n) is 4.71. The van der Waals surface area contributed by atoms with Crippen LogP contribution in [0, 0.1) is 6.92 Å². The van der Waals surface area contributed by atoms with Gasteiger partial charge in [-0.2, -0.15) is 10.2 Å². The third kappa shape index (κ3) is 1.60. The molecule has 2 aromatic heterocycles. The fourth-order valence-corrected chi connectivity index (χ4v) is 2.37. The van der Waals surface area contributed by atoms with Crippen LogP contribution in [0.15, 0.2) is 12.5 Å². The summed E-state index contributed by atoms with van der Waals surface area (Å²) in [4.78, 5) is 4.29. The highest BCUT2D eigenvalue weighted by Gasteiger charge is 2.34. The van der Waals surface area contributed by atoms with E-state index >= 15 is 0 Å². The molecule has 1 saturated carbocycles. The average Bonchev–Trinajstić information content (AvgIpc) is 2.74. The Bertz CT molecular complexity index is 514. The predicted molar refractivity (Wildman–Crippen MR) is 63.4 cm³/mol. The van der Waals surface area contributed by atoms with Gasteiger partial charge in [-0.15, -0.1) is 0 Å². The summed E-state index contributed by atoms with van der Waals surface area (Å²) in [6.45, 7) is 1.94. The van der Waals surface area contributed by atoms with Crippen LogP contribution >= 0.6 is 0 Å². The first-order chi connectivity index (χ1) is 8.15. The molecule has 2 N–H and O–H groups in total. The number of nitrogen functional groups attached to an aromatic ring is 1. The van der Waals surface area contributed by atoms with E-state index < -0.39 is 0 Å². The van der Waals surface area contributed by atoms with Crippen molar-refractivity contribution in [3.05, 3.63) is 24.0 Å². The maximum atomic E-state index is 5.80. The molecular formula is C11H16N6. The molecule has 1 fully saturated rings. The van der Waals surface area contributed by atoms with Gasteiger partial charge in [0.1, 0.15) is 12.2 Å². The van der Waals surface area contributed by atoms with Crippen molar-refractivity contribution in [2.75, 3.05) is 5.73 Å². The van der Waals surface area contributed by atoms with Crippen molar-refractivity contribution in [3.8, 4) is 0 Å². The van der Waals surface area contributed by atoms with Gasteiger partial charge in [0.25, 0.3) is 0 Å². The third-order valence-corrected chi connectivity index (χ3v) is 3.55. The monoisotopic (exact) mass is 232 g/mol. The van der Waals surface area contributed by atoms with Gasteiger partial charge in [-0.05, 0) is 19.8 Å². The van der Waals surface area contributed by atoms with Crippen LogP contribution in [-0.4, -0.2) is 24.5 Å². The maximum absolute atomic E-state index is 5.80. The number of nitrogens with two attached hydrogens (primary N) is 1. The molecule has 0 aromatic carbocycles. The average molecular weight is 232 g/mol. The van der Waals surface area contributed by atoms with E-state index in [1.165, 1.54) is 0 Å². The maximum Gasteiger partial charge on any atom is 0.138 e. The molecule has 0 bridgehead atoms. The van der Waals surface area contributed by atoms with E-state index in [0.29, 0.717) is 12.0 Å². The summed E-state index contributed by atoms with van der Waals surface area (Å²) in [5, 5.41) is 8.52. The van der Waals surface area contributed by atoms with Gasteiger partial charge in [0.2, 0.25) is 0 Å². The number of aromatic nitrogens is 5. The van der Waals surface area contributed by atoms with Crippen LogP contribution in [0.1, 0.15) is 36.3 Å². The molecule has 6 heteroatoms. The molecule has 90 valence electrons. The molecule has 0 radical (unpaired) electrons. The summed E-state index contributed by atoms with van der Waals surface area (Å²) in [5.41, 5.74) is 7.48. The third-order valence-electron chi connectivity index (χ3n) is 3.55. The normalized spacial score (nSPS) is 23.6. The van der Waals surface area contributed by atoms with Gasteiger partial charge < -0.3 is 5.73 Å². The Hall–Kier alpha value is -1.85. The van der Waals surface area contributed by atoms with Crippen LogP contribution in [-0.2, 0) is 7.05 Å². The van der Waals surface area contributed by atoms with Crippen molar-refractivity contribution in [1.82, 2.24) is 24.5 Å². The van der Waals surface area contributed by atoms with Crippen LogP contribution in [0.25, 0.3) is 0 Å². The molecule has 0 unspecified atom stereocenters. The van der Waals surface area contributed by atoms with E-state index in [1.807, 2.05) is 29.5 Å². The SMILES string of the molecule is Cc1nn(C2CC(c3ncnn3C)C2)cc1N. The topological polar surface area (TPSA) is 74.5 Å². The predicted octanol–water partition coefficient (Wildman–Crippen LogP) is 1.02. The Balaban J connectivity index is 1.71.